The van der Waals surface area contributed by atoms with Crippen molar-refractivity contribution in [2.45, 2.75) is 89.7 Å². The number of para-hydroxylation sites is 1. The topological polar surface area (TPSA) is 247 Å². The summed E-state index contributed by atoms with van der Waals surface area (Å²) < 4.78 is 0. The van der Waals surface area contributed by atoms with Gasteiger partial charge in [-0.15, -0.1) is 0 Å². The number of rotatable bonds is 17. The molecule has 53 heavy (non-hydrogen) atoms. The second-order valence-corrected chi connectivity index (χ2v) is 13.3. The first-order valence-electron chi connectivity index (χ1n) is 17.4. The van der Waals surface area contributed by atoms with Crippen molar-refractivity contribution in [3.63, 3.8) is 0 Å². The van der Waals surface area contributed by atoms with E-state index < -0.39 is 84.7 Å². The molecule has 6 atom stereocenters. The van der Waals surface area contributed by atoms with Crippen molar-refractivity contribution < 1.29 is 48.9 Å². The zero-order chi connectivity index (χ0) is 38.8. The van der Waals surface area contributed by atoms with Gasteiger partial charge in [0.2, 0.25) is 29.5 Å². The van der Waals surface area contributed by atoms with Gasteiger partial charge in [0.25, 0.3) is 0 Å². The lowest BCUT2D eigenvalue weighted by Crippen LogP contribution is -2.58. The lowest BCUT2D eigenvalue weighted by atomic mass is 9.97. The quantitative estimate of drug-likeness (QED) is 0.0923. The fraction of sp³-hybridized carbons (Fsp3) is 0.432. The van der Waals surface area contributed by atoms with E-state index in [1.54, 1.807) is 6.92 Å². The number of aromatic amines is 1. The number of fused-ring (bicyclic) bond motifs is 1. The van der Waals surface area contributed by atoms with Crippen molar-refractivity contribution in [3.05, 3.63) is 60.2 Å². The van der Waals surface area contributed by atoms with Crippen LogP contribution in [0.3, 0.4) is 0 Å². The van der Waals surface area contributed by atoms with Crippen LogP contribution in [-0.2, 0) is 40.0 Å². The Bertz CT molecular complexity index is 1830. The van der Waals surface area contributed by atoms with E-state index in [4.69, 9.17) is 5.11 Å². The molecule has 0 unspecified atom stereocenters. The third-order valence-electron chi connectivity index (χ3n) is 9.26. The molecule has 1 aromatic heterocycles. The zero-order valence-corrected chi connectivity index (χ0v) is 29.8. The summed E-state index contributed by atoms with van der Waals surface area (Å²) in [5.74, 6) is -6.37. The summed E-state index contributed by atoms with van der Waals surface area (Å²) in [6, 6.07) is 12.3. The standard InChI is InChI=1S/C37H46N6O10/c1-4-20(2)33(38-21(3)44)36(52)41-27(14-15-31(47)48)37(53)43-19-23(16-28(43)35(51)42-30(46)18-32(49)50)39-29(45)17-25-24-12-8-9-13-26(24)40-34(25)22-10-6-5-7-11-22/h5-13,20,23,27-28,30,33,40,46H,4,14-19H2,1-3H3,(H,38,44)(H,39,45)(H,41,52)(H,42,51)(H,47,48)(H,49,50)/t20-,23-,27-,28-,30+,33-/m0/s1. The first-order valence-corrected chi connectivity index (χ1v) is 17.4. The van der Waals surface area contributed by atoms with Crippen LogP contribution in [0.5, 0.6) is 0 Å². The summed E-state index contributed by atoms with van der Waals surface area (Å²) in [5.41, 5.74) is 3.17. The summed E-state index contributed by atoms with van der Waals surface area (Å²) in [6.45, 7) is 4.54. The van der Waals surface area contributed by atoms with Crippen LogP contribution in [0.15, 0.2) is 54.6 Å². The first kappa shape index (κ1) is 40.0. The Balaban J connectivity index is 1.60. The Kier molecular flexibility index (Phi) is 13.7. The molecular weight excluding hydrogens is 688 g/mol. The van der Waals surface area contributed by atoms with Gasteiger partial charge in [-0.05, 0) is 36.0 Å². The van der Waals surface area contributed by atoms with Gasteiger partial charge >= 0.3 is 11.9 Å². The number of amides is 5. The van der Waals surface area contributed by atoms with Gasteiger partial charge < -0.3 is 46.5 Å². The van der Waals surface area contributed by atoms with Gasteiger partial charge in [-0.3, -0.25) is 33.6 Å². The first-order chi connectivity index (χ1) is 25.2. The molecule has 1 fully saturated rings. The number of carboxylic acids is 2. The number of aliphatic carboxylic acids is 2. The Labute approximate surface area is 305 Å². The van der Waals surface area contributed by atoms with E-state index in [0.29, 0.717) is 6.42 Å². The van der Waals surface area contributed by atoms with E-state index in [-0.39, 0.29) is 31.7 Å². The molecule has 2 aromatic carbocycles. The Morgan fingerprint density at radius 2 is 1.60 bits per heavy atom. The summed E-state index contributed by atoms with van der Waals surface area (Å²) >= 11 is 0. The van der Waals surface area contributed by atoms with Crippen molar-refractivity contribution >= 4 is 52.4 Å². The summed E-state index contributed by atoms with van der Waals surface area (Å²) in [4.78, 5) is 93.8. The lowest BCUT2D eigenvalue weighted by Gasteiger charge is -2.30. The molecule has 5 amide bonds. The third kappa shape index (κ3) is 10.6. The molecular formula is C37H46N6O10. The molecule has 8 N–H and O–H groups in total. The molecule has 0 saturated carbocycles. The number of nitrogens with zero attached hydrogens (tertiary/aromatic N) is 1. The average molecular weight is 735 g/mol. The second kappa shape index (κ2) is 18.1. The highest BCUT2D eigenvalue weighted by atomic mass is 16.4. The van der Waals surface area contributed by atoms with Crippen molar-refractivity contribution in [1.82, 2.24) is 31.2 Å². The van der Waals surface area contributed by atoms with Gasteiger partial charge in [0.15, 0.2) is 0 Å². The molecule has 1 aliphatic rings. The third-order valence-corrected chi connectivity index (χ3v) is 9.26. The SMILES string of the molecule is CC[C@H](C)[C@H](NC(C)=O)C(=O)N[C@@H](CCC(=O)O)C(=O)N1C[C@@H](NC(=O)Cc2c(-c3ccccc3)[nH]c3ccccc23)C[C@H]1C(=O)N[C@H](O)CC(=O)O. The Morgan fingerprint density at radius 3 is 2.25 bits per heavy atom. The predicted octanol–water partition coefficient (Wildman–Crippen LogP) is 1.27. The molecule has 2 heterocycles. The fourth-order valence-electron chi connectivity index (χ4n) is 6.49. The Morgan fingerprint density at radius 1 is 0.925 bits per heavy atom. The minimum atomic E-state index is -1.79. The number of hydrogen-bond acceptors (Lipinski definition) is 8. The number of carboxylic acid groups (broad SMARTS) is 2. The monoisotopic (exact) mass is 734 g/mol. The molecule has 0 aliphatic carbocycles. The van der Waals surface area contributed by atoms with Gasteiger partial charge in [0.05, 0.1) is 18.5 Å². The molecule has 1 saturated heterocycles. The number of likely N-dealkylation sites (tertiary alicyclic amines) is 1. The van der Waals surface area contributed by atoms with Crippen LogP contribution in [0.25, 0.3) is 22.2 Å². The van der Waals surface area contributed by atoms with Crippen LogP contribution in [0.4, 0.5) is 0 Å². The largest absolute Gasteiger partial charge is 0.481 e. The highest BCUT2D eigenvalue weighted by Crippen LogP contribution is 2.31. The number of carbonyl (C=O) groups excluding carboxylic acids is 5. The second-order valence-electron chi connectivity index (χ2n) is 13.3. The van der Waals surface area contributed by atoms with Crippen LogP contribution < -0.4 is 21.3 Å². The molecule has 0 spiro atoms. The number of aromatic nitrogens is 1. The zero-order valence-electron chi connectivity index (χ0n) is 29.8. The van der Waals surface area contributed by atoms with Crippen LogP contribution in [0, 0.1) is 5.92 Å². The number of aliphatic hydroxyl groups is 1. The van der Waals surface area contributed by atoms with Crippen LogP contribution in [0.2, 0.25) is 0 Å². The van der Waals surface area contributed by atoms with E-state index in [1.165, 1.54) is 6.92 Å². The number of carbonyl (C=O) groups is 7. The normalized spacial score (nSPS) is 17.6. The van der Waals surface area contributed by atoms with Crippen molar-refractivity contribution in [1.29, 1.82) is 0 Å². The molecule has 1 aliphatic heterocycles. The summed E-state index contributed by atoms with van der Waals surface area (Å²) in [5, 5.41) is 39.7. The molecule has 284 valence electrons. The van der Waals surface area contributed by atoms with E-state index in [0.717, 1.165) is 32.6 Å². The molecule has 0 bridgehead atoms. The fourth-order valence-corrected chi connectivity index (χ4v) is 6.49. The minimum Gasteiger partial charge on any atom is -0.481 e. The number of H-pyrrole nitrogens is 1. The molecule has 4 rings (SSSR count). The molecule has 0 radical (unpaired) electrons. The smallest absolute Gasteiger partial charge is 0.307 e. The van der Waals surface area contributed by atoms with E-state index in [9.17, 15) is 43.8 Å². The maximum atomic E-state index is 14.2. The predicted molar refractivity (Wildman–Crippen MR) is 192 cm³/mol. The molecule has 16 heteroatoms. The maximum Gasteiger partial charge on any atom is 0.307 e. The Hall–Kier alpha value is -5.77. The number of nitrogens with one attached hydrogen (secondary N) is 5. The summed E-state index contributed by atoms with van der Waals surface area (Å²) in [7, 11) is 0. The molecule has 16 nitrogen and oxygen atoms in total. The summed E-state index contributed by atoms with van der Waals surface area (Å²) in [6.07, 6.45) is -3.21. The average Bonchev–Trinajstić information content (AvgIpc) is 3.69. The van der Waals surface area contributed by atoms with Crippen molar-refractivity contribution in [2.24, 2.45) is 5.92 Å². The van der Waals surface area contributed by atoms with Gasteiger partial charge in [0, 0.05) is 36.8 Å². The minimum absolute atomic E-state index is 0.0652. The van der Waals surface area contributed by atoms with Crippen LogP contribution in [0.1, 0.15) is 58.4 Å². The van der Waals surface area contributed by atoms with Crippen molar-refractivity contribution in [3.8, 4) is 11.3 Å². The van der Waals surface area contributed by atoms with E-state index >= 15 is 0 Å². The molecule has 3 aromatic rings. The number of hydrogen-bond donors (Lipinski definition) is 8. The highest BCUT2D eigenvalue weighted by molar-refractivity contribution is 5.97. The van der Waals surface area contributed by atoms with Gasteiger partial charge in [-0.1, -0.05) is 68.8 Å². The number of benzene rings is 2. The lowest BCUT2D eigenvalue weighted by molar-refractivity contribution is -0.145. The van der Waals surface area contributed by atoms with E-state index in [2.05, 4.69) is 26.3 Å². The number of aliphatic hydroxyl groups excluding tert-OH is 1. The maximum absolute atomic E-state index is 14.2. The van der Waals surface area contributed by atoms with Crippen LogP contribution in [-0.4, -0.2) is 104 Å². The van der Waals surface area contributed by atoms with Gasteiger partial charge in [-0.25, -0.2) is 0 Å². The van der Waals surface area contributed by atoms with Crippen LogP contribution >= 0.6 is 0 Å². The van der Waals surface area contributed by atoms with Crippen molar-refractivity contribution in [2.75, 3.05) is 6.54 Å². The highest BCUT2D eigenvalue weighted by Gasteiger charge is 2.43. The van der Waals surface area contributed by atoms with Gasteiger partial charge in [0.1, 0.15) is 24.4 Å². The van der Waals surface area contributed by atoms with E-state index in [1.807, 2.05) is 61.5 Å². The van der Waals surface area contributed by atoms with Gasteiger partial charge in [-0.2, -0.15) is 0 Å².